The first-order valence-corrected chi connectivity index (χ1v) is 14.3. The average Bonchev–Trinajstić information content (AvgIpc) is 3.42. The largest absolute Gasteiger partial charge is 0.416 e. The molecule has 1 fully saturated rings. The molecule has 6 nitrogen and oxygen atoms in total. The quantitative estimate of drug-likeness (QED) is 0.130. The first-order chi connectivity index (χ1) is 20.3. The van der Waals surface area contributed by atoms with Crippen LogP contribution >= 0.6 is 11.9 Å². The van der Waals surface area contributed by atoms with E-state index >= 15 is 0 Å². The minimum atomic E-state index is -4.38. The Labute approximate surface area is 246 Å². The molecule has 0 amide bonds. The molecule has 0 spiro atoms. The van der Waals surface area contributed by atoms with Crippen LogP contribution < -0.4 is 9.21 Å². The summed E-state index contributed by atoms with van der Waals surface area (Å²) in [6.07, 6.45) is -4.69. The Kier molecular flexibility index (Phi) is 7.66. The number of para-hydroxylation sites is 2. The lowest BCUT2D eigenvalue weighted by Gasteiger charge is -2.42. The molecule has 4 aromatic rings. The van der Waals surface area contributed by atoms with Crippen LogP contribution in [0.4, 0.5) is 30.2 Å². The molecule has 42 heavy (non-hydrogen) atoms. The molecule has 1 saturated heterocycles. The molecule has 0 bridgehead atoms. The Hall–Kier alpha value is -4.28. The number of anilines is 2. The van der Waals surface area contributed by atoms with Gasteiger partial charge in [-0.05, 0) is 53.4 Å². The number of halogens is 3. The van der Waals surface area contributed by atoms with E-state index in [1.807, 2.05) is 58.9 Å². The highest BCUT2D eigenvalue weighted by atomic mass is 32.2. The highest BCUT2D eigenvalue weighted by Crippen LogP contribution is 2.52. The van der Waals surface area contributed by atoms with Crippen LogP contribution in [-0.2, 0) is 6.18 Å². The lowest BCUT2D eigenvalue weighted by Crippen LogP contribution is -2.54. The standard InChI is InChI=1S/C32H27F3N4O2S/c33-32(34,35)25-15-17-26(18-16-25)36-19-21-37(22-20-36)31-29(23-9-3-1-4-10-23)30(24-11-5-2-6-12-24)42-38(31)27-13-7-8-14-28(27)39(40)41/h1-18,31H,19-22H2. The Morgan fingerprint density at radius 2 is 1.31 bits per heavy atom. The van der Waals surface area contributed by atoms with Crippen LogP contribution in [0.25, 0.3) is 10.5 Å². The van der Waals surface area contributed by atoms with Crippen molar-refractivity contribution in [2.75, 3.05) is 35.4 Å². The lowest BCUT2D eigenvalue weighted by molar-refractivity contribution is -0.384. The summed E-state index contributed by atoms with van der Waals surface area (Å²) in [5.74, 6) is 0. The molecule has 2 aliphatic rings. The molecule has 1 atom stereocenters. The zero-order chi connectivity index (χ0) is 29.3. The van der Waals surface area contributed by atoms with E-state index in [0.29, 0.717) is 31.9 Å². The molecule has 0 saturated carbocycles. The topological polar surface area (TPSA) is 52.9 Å². The predicted octanol–water partition coefficient (Wildman–Crippen LogP) is 7.80. The van der Waals surface area contributed by atoms with Crippen molar-refractivity contribution in [3.63, 3.8) is 0 Å². The monoisotopic (exact) mass is 588 g/mol. The van der Waals surface area contributed by atoms with Crippen LogP contribution in [0.1, 0.15) is 16.7 Å². The van der Waals surface area contributed by atoms with Crippen LogP contribution in [0.5, 0.6) is 0 Å². The number of hydrogen-bond donors (Lipinski definition) is 0. The van der Waals surface area contributed by atoms with E-state index in [1.54, 1.807) is 12.1 Å². The third-order valence-electron chi connectivity index (χ3n) is 7.57. The fraction of sp³-hybridized carbons (Fsp3) is 0.188. The summed E-state index contributed by atoms with van der Waals surface area (Å²) in [6.45, 7) is 2.42. The summed E-state index contributed by atoms with van der Waals surface area (Å²) < 4.78 is 41.3. The van der Waals surface area contributed by atoms with E-state index < -0.39 is 11.7 Å². The third kappa shape index (κ3) is 5.47. The second-order valence-electron chi connectivity index (χ2n) is 10.1. The van der Waals surface area contributed by atoms with Crippen LogP contribution in [0.15, 0.2) is 109 Å². The zero-order valence-electron chi connectivity index (χ0n) is 22.4. The Morgan fingerprint density at radius 3 is 1.90 bits per heavy atom. The molecule has 0 radical (unpaired) electrons. The van der Waals surface area contributed by atoms with E-state index in [4.69, 9.17) is 0 Å². The summed E-state index contributed by atoms with van der Waals surface area (Å²) in [6, 6.07) is 32.2. The Bertz CT molecular complexity index is 1590. The maximum Gasteiger partial charge on any atom is 0.416 e. The first kappa shape index (κ1) is 27.9. The van der Waals surface area contributed by atoms with Crippen molar-refractivity contribution in [3.05, 3.63) is 136 Å². The maximum absolute atomic E-state index is 13.1. The van der Waals surface area contributed by atoms with E-state index in [-0.39, 0.29) is 16.8 Å². The molecule has 0 aliphatic carbocycles. The molecule has 214 valence electrons. The van der Waals surface area contributed by atoms with Gasteiger partial charge in [0.2, 0.25) is 0 Å². The van der Waals surface area contributed by atoms with Crippen LogP contribution in [-0.4, -0.2) is 42.2 Å². The van der Waals surface area contributed by atoms with Crippen molar-refractivity contribution in [2.24, 2.45) is 0 Å². The van der Waals surface area contributed by atoms with Crippen molar-refractivity contribution in [3.8, 4) is 0 Å². The first-order valence-electron chi connectivity index (χ1n) is 13.5. The molecule has 2 aliphatic heterocycles. The molecule has 4 aromatic carbocycles. The van der Waals surface area contributed by atoms with Crippen molar-refractivity contribution in [1.29, 1.82) is 0 Å². The van der Waals surface area contributed by atoms with E-state index in [0.717, 1.165) is 39.4 Å². The molecule has 0 aromatic heterocycles. The number of nitrogens with zero attached hydrogens (tertiary/aromatic N) is 4. The van der Waals surface area contributed by atoms with Gasteiger partial charge in [0.15, 0.2) is 0 Å². The van der Waals surface area contributed by atoms with Crippen LogP contribution in [0.2, 0.25) is 0 Å². The highest BCUT2D eigenvalue weighted by Gasteiger charge is 2.42. The van der Waals surface area contributed by atoms with Crippen LogP contribution in [0.3, 0.4) is 0 Å². The SMILES string of the molecule is O=[N+]([O-])c1ccccc1N1SC(c2ccccc2)=C(c2ccccc2)C1N1CCN(c2ccc(C(F)(F)F)cc2)CC1. The summed E-state index contributed by atoms with van der Waals surface area (Å²) in [5, 5.41) is 12.1. The summed E-state index contributed by atoms with van der Waals surface area (Å²) in [5.41, 5.74) is 3.73. The van der Waals surface area contributed by atoms with Crippen molar-refractivity contribution >= 4 is 39.5 Å². The van der Waals surface area contributed by atoms with Crippen LogP contribution in [0, 0.1) is 10.1 Å². The van der Waals surface area contributed by atoms with Gasteiger partial charge in [0.25, 0.3) is 5.69 Å². The number of hydrogen-bond acceptors (Lipinski definition) is 6. The van der Waals surface area contributed by atoms with Gasteiger partial charge < -0.3 is 4.90 Å². The van der Waals surface area contributed by atoms with E-state index in [9.17, 15) is 23.3 Å². The van der Waals surface area contributed by atoms with E-state index in [1.165, 1.54) is 30.1 Å². The molecular formula is C32H27F3N4O2S. The van der Waals surface area contributed by atoms with Gasteiger partial charge in [0, 0.05) is 48.4 Å². The average molecular weight is 589 g/mol. The number of nitro groups is 1. The number of piperazine rings is 1. The van der Waals surface area contributed by atoms with Gasteiger partial charge in [-0.1, -0.05) is 72.8 Å². The number of benzene rings is 4. The van der Waals surface area contributed by atoms with Crippen molar-refractivity contribution in [1.82, 2.24) is 4.90 Å². The van der Waals surface area contributed by atoms with Gasteiger partial charge in [-0.15, -0.1) is 0 Å². The van der Waals surface area contributed by atoms with Gasteiger partial charge in [0.1, 0.15) is 11.9 Å². The summed E-state index contributed by atoms with van der Waals surface area (Å²) >= 11 is 1.50. The van der Waals surface area contributed by atoms with Crippen molar-refractivity contribution in [2.45, 2.75) is 12.3 Å². The number of nitro benzene ring substituents is 1. The maximum atomic E-state index is 13.1. The minimum Gasteiger partial charge on any atom is -0.369 e. The number of rotatable bonds is 6. The molecule has 0 N–H and O–H groups in total. The van der Waals surface area contributed by atoms with Gasteiger partial charge >= 0.3 is 6.18 Å². The minimum absolute atomic E-state index is 0.0279. The van der Waals surface area contributed by atoms with Gasteiger partial charge in [0.05, 0.1) is 10.5 Å². The van der Waals surface area contributed by atoms with Gasteiger partial charge in [-0.3, -0.25) is 19.3 Å². The van der Waals surface area contributed by atoms with Gasteiger partial charge in [-0.25, -0.2) is 0 Å². The summed E-state index contributed by atoms with van der Waals surface area (Å²) in [7, 11) is 0. The number of alkyl halides is 3. The summed E-state index contributed by atoms with van der Waals surface area (Å²) in [4.78, 5) is 17.2. The highest BCUT2D eigenvalue weighted by molar-refractivity contribution is 8.10. The molecular weight excluding hydrogens is 561 g/mol. The van der Waals surface area contributed by atoms with Gasteiger partial charge in [-0.2, -0.15) is 13.2 Å². The predicted molar refractivity (Wildman–Crippen MR) is 162 cm³/mol. The molecule has 1 unspecified atom stereocenters. The smallest absolute Gasteiger partial charge is 0.369 e. The lowest BCUT2D eigenvalue weighted by atomic mass is 9.98. The molecule has 6 rings (SSSR count). The molecule has 2 heterocycles. The van der Waals surface area contributed by atoms with Crippen molar-refractivity contribution < 1.29 is 18.1 Å². The second kappa shape index (κ2) is 11.5. The van der Waals surface area contributed by atoms with E-state index in [2.05, 4.69) is 21.9 Å². The second-order valence-corrected chi connectivity index (χ2v) is 11.1. The fourth-order valence-corrected chi connectivity index (χ4v) is 6.88. The Balaban J connectivity index is 1.39. The fourth-order valence-electron chi connectivity index (χ4n) is 5.53. The molecule has 10 heteroatoms. The Morgan fingerprint density at radius 1 is 0.738 bits per heavy atom. The third-order valence-corrected chi connectivity index (χ3v) is 8.80. The normalized spacial score (nSPS) is 18.0. The zero-order valence-corrected chi connectivity index (χ0v) is 23.3.